The maximum Gasteiger partial charge on any atom is 0.308 e. The first kappa shape index (κ1) is 21.6. The van der Waals surface area contributed by atoms with E-state index in [0.717, 1.165) is 16.9 Å². The number of benzene rings is 1. The molecule has 4 rings (SSSR count). The molecule has 164 valence electrons. The molecule has 1 aliphatic heterocycles. The number of amides is 1. The summed E-state index contributed by atoms with van der Waals surface area (Å²) in [5.74, 6) is -0.0200. The zero-order chi connectivity index (χ0) is 21.8. The smallest absolute Gasteiger partial charge is 0.308 e. The van der Waals surface area contributed by atoms with Crippen LogP contribution in [0.25, 0.3) is 10.2 Å². The number of carbonyl (C=O) groups is 1. The number of fused-ring (bicyclic) bond motifs is 1. The number of rotatable bonds is 7. The van der Waals surface area contributed by atoms with Crippen LogP contribution in [0.1, 0.15) is 12.0 Å². The lowest BCUT2D eigenvalue weighted by Gasteiger charge is -2.26. The molecular weight excluding hydrogens is 440 g/mol. The summed E-state index contributed by atoms with van der Waals surface area (Å²) in [5.41, 5.74) is 1.36. The Morgan fingerprint density at radius 1 is 1.23 bits per heavy atom. The van der Waals surface area contributed by atoms with Gasteiger partial charge in [-0.2, -0.15) is 0 Å². The van der Waals surface area contributed by atoms with Gasteiger partial charge in [0.25, 0.3) is 0 Å². The van der Waals surface area contributed by atoms with Crippen molar-refractivity contribution in [3.63, 3.8) is 0 Å². The molecule has 0 saturated carbocycles. The minimum atomic E-state index is -3.75. The van der Waals surface area contributed by atoms with Gasteiger partial charge in [-0.1, -0.05) is 17.4 Å². The molecule has 3 heterocycles. The Morgan fingerprint density at radius 3 is 2.77 bits per heavy atom. The van der Waals surface area contributed by atoms with Crippen molar-refractivity contribution < 1.29 is 17.9 Å². The molecule has 2 aromatic heterocycles. The van der Waals surface area contributed by atoms with Crippen LogP contribution in [0.15, 0.2) is 52.4 Å². The summed E-state index contributed by atoms with van der Waals surface area (Å²) >= 11 is 0.971. The highest BCUT2D eigenvalue weighted by atomic mass is 32.2. The zero-order valence-electron chi connectivity index (χ0n) is 16.7. The molecule has 1 fully saturated rings. The summed E-state index contributed by atoms with van der Waals surface area (Å²) in [4.78, 5) is 30.4. The van der Waals surface area contributed by atoms with Crippen LogP contribution in [0.4, 0.5) is 0 Å². The van der Waals surface area contributed by atoms with Crippen molar-refractivity contribution >= 4 is 37.5 Å². The molecule has 0 bridgehead atoms. The second kappa shape index (κ2) is 9.27. The first-order chi connectivity index (χ1) is 14.9. The molecule has 0 aliphatic carbocycles. The number of nitrogens with one attached hydrogen (secondary N) is 1. The van der Waals surface area contributed by atoms with E-state index in [1.807, 2.05) is 0 Å². The number of hydrogen-bond acceptors (Lipinski definition) is 7. The number of aromatic nitrogens is 2. The van der Waals surface area contributed by atoms with Crippen molar-refractivity contribution in [2.75, 3.05) is 26.3 Å². The van der Waals surface area contributed by atoms with Crippen LogP contribution in [0.3, 0.4) is 0 Å². The van der Waals surface area contributed by atoms with E-state index in [1.54, 1.807) is 35.5 Å². The van der Waals surface area contributed by atoms with E-state index >= 15 is 0 Å². The molecule has 0 atom stereocenters. The Hall–Kier alpha value is -2.60. The second-order valence-electron chi connectivity index (χ2n) is 7.08. The number of pyridine rings is 1. The predicted molar refractivity (Wildman–Crippen MR) is 116 cm³/mol. The third-order valence-corrected chi connectivity index (χ3v) is 7.39. The summed E-state index contributed by atoms with van der Waals surface area (Å²) in [5, 5.41) is 0. The maximum absolute atomic E-state index is 12.7. The first-order valence-electron chi connectivity index (χ1n) is 9.81. The Labute approximate surface area is 183 Å². The van der Waals surface area contributed by atoms with Crippen LogP contribution in [0.5, 0.6) is 0 Å². The summed E-state index contributed by atoms with van der Waals surface area (Å²) < 4.78 is 35.2. The molecule has 0 unspecified atom stereocenters. The number of nitrogens with zero attached hydrogens (tertiary/aromatic N) is 3. The fourth-order valence-electron chi connectivity index (χ4n) is 3.37. The molecule has 0 radical (unpaired) electrons. The van der Waals surface area contributed by atoms with Gasteiger partial charge in [0.15, 0.2) is 0 Å². The van der Waals surface area contributed by atoms with Gasteiger partial charge < -0.3 is 9.64 Å². The van der Waals surface area contributed by atoms with E-state index in [2.05, 4.69) is 9.71 Å². The Balaban J connectivity index is 1.48. The van der Waals surface area contributed by atoms with Gasteiger partial charge in [0.2, 0.25) is 15.9 Å². The topological polar surface area (TPSA) is 111 Å². The highest BCUT2D eigenvalue weighted by Crippen LogP contribution is 2.22. The molecule has 1 aliphatic rings. The minimum absolute atomic E-state index is 0.0200. The van der Waals surface area contributed by atoms with Gasteiger partial charge >= 0.3 is 4.87 Å². The monoisotopic (exact) mass is 462 g/mol. The molecule has 1 aromatic carbocycles. The number of morpholine rings is 1. The van der Waals surface area contributed by atoms with Crippen molar-refractivity contribution in [3.05, 3.63) is 58.0 Å². The molecule has 31 heavy (non-hydrogen) atoms. The Kier molecular flexibility index (Phi) is 6.46. The predicted octanol–water partition coefficient (Wildman–Crippen LogP) is 1.19. The highest BCUT2D eigenvalue weighted by Gasteiger charge is 2.19. The highest BCUT2D eigenvalue weighted by molar-refractivity contribution is 7.89. The van der Waals surface area contributed by atoms with Crippen molar-refractivity contribution in [1.82, 2.24) is 19.2 Å². The third-order valence-electron chi connectivity index (χ3n) is 5.05. The van der Waals surface area contributed by atoms with Crippen LogP contribution < -0.4 is 9.60 Å². The standard InChI is InChI=1S/C20H22N4O5S2/c25-19(23-8-10-29-11-9-23)5-7-24-17-4-3-16(12-18(17)30-20(24)26)31(27,28)22-14-15-2-1-6-21-13-15/h1-4,6,12-13,22H,5,7-11,14H2. The fourth-order valence-corrected chi connectivity index (χ4v) is 5.44. The van der Waals surface area contributed by atoms with Gasteiger partial charge in [-0.15, -0.1) is 0 Å². The van der Waals surface area contributed by atoms with Crippen molar-refractivity contribution in [3.8, 4) is 0 Å². The molecule has 1 amide bonds. The number of thiazole rings is 1. The fraction of sp³-hybridized carbons (Fsp3) is 0.350. The van der Waals surface area contributed by atoms with Gasteiger partial charge in [0.05, 0.1) is 28.3 Å². The number of carbonyl (C=O) groups excluding carboxylic acids is 1. The lowest BCUT2D eigenvalue weighted by molar-refractivity contribution is -0.135. The molecule has 0 spiro atoms. The Bertz CT molecular complexity index is 1230. The molecule has 1 N–H and O–H groups in total. The van der Waals surface area contributed by atoms with Crippen LogP contribution in [0.2, 0.25) is 0 Å². The molecule has 9 nitrogen and oxygen atoms in total. The van der Waals surface area contributed by atoms with Crippen LogP contribution in [-0.2, 0) is 32.6 Å². The molecule has 3 aromatic rings. The van der Waals surface area contributed by atoms with Crippen molar-refractivity contribution in [2.24, 2.45) is 0 Å². The zero-order valence-corrected chi connectivity index (χ0v) is 18.3. The lowest BCUT2D eigenvalue weighted by atomic mass is 10.3. The van der Waals surface area contributed by atoms with Gasteiger partial charge in [-0.3, -0.25) is 19.1 Å². The third kappa shape index (κ3) is 5.01. The number of ether oxygens (including phenoxy) is 1. The minimum Gasteiger partial charge on any atom is -0.378 e. The summed E-state index contributed by atoms with van der Waals surface area (Å²) in [6.07, 6.45) is 3.42. The van der Waals surface area contributed by atoms with E-state index in [1.165, 1.54) is 16.7 Å². The normalized spacial score (nSPS) is 14.8. The summed E-state index contributed by atoms with van der Waals surface area (Å²) in [7, 11) is -3.75. The molecule has 11 heteroatoms. The van der Waals surface area contributed by atoms with Crippen molar-refractivity contribution in [1.29, 1.82) is 0 Å². The average molecular weight is 463 g/mol. The van der Waals surface area contributed by atoms with Crippen LogP contribution in [-0.4, -0.2) is 55.1 Å². The van der Waals surface area contributed by atoms with E-state index in [0.29, 0.717) is 36.5 Å². The summed E-state index contributed by atoms with van der Waals surface area (Å²) in [6.45, 7) is 2.55. The molecular formula is C20H22N4O5S2. The van der Waals surface area contributed by atoms with Gasteiger partial charge in [-0.25, -0.2) is 13.1 Å². The second-order valence-corrected chi connectivity index (χ2v) is 9.84. The number of hydrogen-bond donors (Lipinski definition) is 1. The Morgan fingerprint density at radius 2 is 2.03 bits per heavy atom. The van der Waals surface area contributed by atoms with Gasteiger partial charge in [0, 0.05) is 45.0 Å². The van der Waals surface area contributed by atoms with E-state index < -0.39 is 10.0 Å². The van der Waals surface area contributed by atoms with Gasteiger partial charge in [0.1, 0.15) is 0 Å². The summed E-state index contributed by atoms with van der Waals surface area (Å²) in [6, 6.07) is 8.10. The van der Waals surface area contributed by atoms with Gasteiger partial charge in [-0.05, 0) is 29.8 Å². The van der Waals surface area contributed by atoms with Crippen LogP contribution in [0, 0.1) is 0 Å². The largest absolute Gasteiger partial charge is 0.378 e. The first-order valence-corrected chi connectivity index (χ1v) is 12.1. The van der Waals surface area contributed by atoms with E-state index in [-0.39, 0.29) is 35.2 Å². The average Bonchev–Trinajstić information content (AvgIpc) is 3.11. The molecule has 1 saturated heterocycles. The van der Waals surface area contributed by atoms with E-state index in [9.17, 15) is 18.0 Å². The quantitative estimate of drug-likeness (QED) is 0.565. The van der Waals surface area contributed by atoms with E-state index in [4.69, 9.17) is 4.74 Å². The van der Waals surface area contributed by atoms with Crippen molar-refractivity contribution in [2.45, 2.75) is 24.4 Å². The lowest BCUT2D eigenvalue weighted by Crippen LogP contribution is -2.41. The maximum atomic E-state index is 12.7. The number of sulfonamides is 1. The van der Waals surface area contributed by atoms with Crippen LogP contribution >= 0.6 is 11.3 Å². The number of aryl methyl sites for hydroxylation is 1. The SMILES string of the molecule is O=C(CCn1c(=O)sc2cc(S(=O)(=O)NCc3cccnc3)ccc21)N1CCOCC1.